The first-order chi connectivity index (χ1) is 12.7. The van der Waals surface area contributed by atoms with E-state index in [0.29, 0.717) is 26.2 Å². The molecule has 0 saturated heterocycles. The molecule has 0 aliphatic carbocycles. The number of nitrogens with zero attached hydrogens (tertiary/aromatic N) is 1. The van der Waals surface area contributed by atoms with E-state index < -0.39 is 0 Å². The van der Waals surface area contributed by atoms with Gasteiger partial charge < -0.3 is 19.7 Å². The second kappa shape index (κ2) is 8.87. The molecule has 1 aliphatic rings. The third-order valence-electron chi connectivity index (χ3n) is 4.43. The molecule has 5 nitrogen and oxygen atoms in total. The van der Waals surface area contributed by atoms with Crippen LogP contribution < -0.4 is 14.8 Å². The largest absolute Gasteiger partial charge is 0.497 e. The van der Waals surface area contributed by atoms with Gasteiger partial charge in [0.15, 0.2) is 0 Å². The van der Waals surface area contributed by atoms with Crippen molar-refractivity contribution in [3.63, 3.8) is 0 Å². The van der Waals surface area contributed by atoms with Crippen LogP contribution in [-0.2, 0) is 11.2 Å². The van der Waals surface area contributed by atoms with Crippen molar-refractivity contribution in [3.05, 3.63) is 58.8 Å². The lowest BCUT2D eigenvalue weighted by Crippen LogP contribution is -2.45. The maximum atomic E-state index is 12.7. The summed E-state index contributed by atoms with van der Waals surface area (Å²) in [4.78, 5) is 15.9. The van der Waals surface area contributed by atoms with E-state index in [2.05, 4.69) is 23.3 Å². The smallest absolute Gasteiger partial charge is 0.237 e. The fourth-order valence-electron chi connectivity index (χ4n) is 3.12. The van der Waals surface area contributed by atoms with Crippen molar-refractivity contribution >= 4 is 17.2 Å². The zero-order valence-corrected chi connectivity index (χ0v) is 15.8. The Balaban J connectivity index is 1.73. The molecule has 1 aromatic heterocycles. The molecule has 26 heavy (non-hydrogen) atoms. The van der Waals surface area contributed by atoms with Crippen LogP contribution in [0.5, 0.6) is 11.5 Å². The minimum atomic E-state index is -0.0748. The molecule has 0 radical (unpaired) electrons. The lowest BCUT2D eigenvalue weighted by atomic mass is 10.0. The molecule has 1 aliphatic heterocycles. The van der Waals surface area contributed by atoms with E-state index in [4.69, 9.17) is 9.47 Å². The van der Waals surface area contributed by atoms with Gasteiger partial charge in [0.25, 0.3) is 0 Å². The van der Waals surface area contributed by atoms with Crippen LogP contribution in [0.25, 0.3) is 0 Å². The molecular weight excluding hydrogens is 348 g/mol. The highest BCUT2D eigenvalue weighted by atomic mass is 32.1. The number of hydrogen-bond acceptors (Lipinski definition) is 5. The molecule has 1 N–H and O–H groups in total. The number of ether oxygens (including phenoxy) is 2. The summed E-state index contributed by atoms with van der Waals surface area (Å²) in [6.45, 7) is 5.73. The predicted molar refractivity (Wildman–Crippen MR) is 104 cm³/mol. The summed E-state index contributed by atoms with van der Waals surface area (Å²) in [5.74, 6) is 1.58. The molecule has 138 valence electrons. The fraction of sp³-hybridized carbons (Fsp3) is 0.350. The zero-order valence-electron chi connectivity index (χ0n) is 14.9. The van der Waals surface area contributed by atoms with Gasteiger partial charge in [0.05, 0.1) is 19.7 Å². The van der Waals surface area contributed by atoms with Gasteiger partial charge in [-0.15, -0.1) is 17.9 Å². The molecule has 0 bridgehead atoms. The van der Waals surface area contributed by atoms with Crippen LogP contribution in [-0.4, -0.2) is 44.2 Å². The molecule has 1 amide bonds. The molecule has 2 aromatic rings. The van der Waals surface area contributed by atoms with Crippen molar-refractivity contribution in [2.45, 2.75) is 12.5 Å². The van der Waals surface area contributed by atoms with E-state index in [1.165, 1.54) is 10.4 Å². The topological polar surface area (TPSA) is 50.8 Å². The lowest BCUT2D eigenvalue weighted by molar-refractivity contribution is -0.133. The number of amides is 1. The summed E-state index contributed by atoms with van der Waals surface area (Å²) in [7, 11) is 1.63. The number of nitrogens with one attached hydrogen (secondary N) is 1. The Labute approximate surface area is 158 Å². The Bertz CT molecular complexity index is 759. The molecule has 1 unspecified atom stereocenters. The molecule has 0 spiro atoms. The number of rotatable bonds is 8. The van der Waals surface area contributed by atoms with Gasteiger partial charge in [-0.3, -0.25) is 4.79 Å². The summed E-state index contributed by atoms with van der Waals surface area (Å²) in [5, 5.41) is 5.19. The summed E-state index contributed by atoms with van der Waals surface area (Å²) < 4.78 is 11.3. The van der Waals surface area contributed by atoms with Crippen molar-refractivity contribution in [2.24, 2.45) is 0 Å². The number of methoxy groups -OCH3 is 1. The molecule has 0 fully saturated rings. The minimum Gasteiger partial charge on any atom is -0.497 e. The van der Waals surface area contributed by atoms with Crippen molar-refractivity contribution < 1.29 is 14.3 Å². The van der Waals surface area contributed by atoms with Gasteiger partial charge in [0.1, 0.15) is 18.1 Å². The van der Waals surface area contributed by atoms with Gasteiger partial charge in [0, 0.05) is 24.0 Å². The summed E-state index contributed by atoms with van der Waals surface area (Å²) in [5.41, 5.74) is 1.20. The molecule has 0 saturated carbocycles. The van der Waals surface area contributed by atoms with Gasteiger partial charge in [-0.05, 0) is 35.6 Å². The first-order valence-corrected chi connectivity index (χ1v) is 9.55. The van der Waals surface area contributed by atoms with E-state index >= 15 is 0 Å². The fourth-order valence-corrected chi connectivity index (χ4v) is 4.05. The first kappa shape index (κ1) is 18.5. The molecule has 1 aromatic carbocycles. The zero-order chi connectivity index (χ0) is 18.4. The van der Waals surface area contributed by atoms with Crippen molar-refractivity contribution in [1.82, 2.24) is 10.2 Å². The monoisotopic (exact) mass is 372 g/mol. The Morgan fingerprint density at radius 1 is 1.42 bits per heavy atom. The second-order valence-corrected chi connectivity index (χ2v) is 7.06. The van der Waals surface area contributed by atoms with Crippen molar-refractivity contribution in [3.8, 4) is 11.5 Å². The normalized spacial score (nSPS) is 16.0. The molecule has 2 heterocycles. The Morgan fingerprint density at radius 2 is 2.27 bits per heavy atom. The third kappa shape index (κ3) is 4.26. The van der Waals surface area contributed by atoms with Crippen LogP contribution in [0.2, 0.25) is 0 Å². The quantitative estimate of drug-likeness (QED) is 0.572. The van der Waals surface area contributed by atoms with E-state index in [0.717, 1.165) is 17.9 Å². The van der Waals surface area contributed by atoms with Gasteiger partial charge in [0.2, 0.25) is 5.91 Å². The number of hydrogen-bond donors (Lipinski definition) is 1. The van der Waals surface area contributed by atoms with E-state index in [9.17, 15) is 4.79 Å². The summed E-state index contributed by atoms with van der Waals surface area (Å²) >= 11 is 1.75. The summed E-state index contributed by atoms with van der Waals surface area (Å²) in [6, 6.07) is 9.57. The minimum absolute atomic E-state index is 0.0748. The number of fused-ring (bicyclic) bond motifs is 1. The molecule has 3 rings (SSSR count). The van der Waals surface area contributed by atoms with E-state index in [1.807, 2.05) is 29.2 Å². The van der Waals surface area contributed by atoms with Crippen LogP contribution in [0.4, 0.5) is 0 Å². The van der Waals surface area contributed by atoms with Crippen LogP contribution >= 0.6 is 11.3 Å². The number of carbonyl (C=O) groups excluding carboxylic acids is 1. The first-order valence-electron chi connectivity index (χ1n) is 8.67. The highest BCUT2D eigenvalue weighted by Crippen LogP contribution is 2.34. The maximum absolute atomic E-state index is 12.7. The van der Waals surface area contributed by atoms with Crippen molar-refractivity contribution in [1.29, 1.82) is 0 Å². The van der Waals surface area contributed by atoms with Gasteiger partial charge in [-0.1, -0.05) is 12.1 Å². The average molecular weight is 372 g/mol. The number of benzene rings is 1. The molecule has 6 heteroatoms. The third-order valence-corrected chi connectivity index (χ3v) is 5.43. The van der Waals surface area contributed by atoms with Crippen LogP contribution in [0, 0.1) is 0 Å². The Hall–Kier alpha value is -2.31. The maximum Gasteiger partial charge on any atom is 0.237 e. The Kier molecular flexibility index (Phi) is 6.30. The predicted octanol–water partition coefficient (Wildman–Crippen LogP) is 3.04. The molecule has 1 atom stereocenters. The lowest BCUT2D eigenvalue weighted by Gasteiger charge is -2.36. The SMILES string of the molecule is C=CCNCC(=O)N1CCc2sccc2C1COc1cccc(OC)c1. The van der Waals surface area contributed by atoms with Crippen molar-refractivity contribution in [2.75, 3.05) is 33.4 Å². The second-order valence-electron chi connectivity index (χ2n) is 6.06. The van der Waals surface area contributed by atoms with Gasteiger partial charge in [-0.25, -0.2) is 0 Å². The number of carbonyl (C=O) groups is 1. The number of thiophene rings is 1. The van der Waals surface area contributed by atoms with Crippen LogP contribution in [0.15, 0.2) is 48.4 Å². The summed E-state index contributed by atoms with van der Waals surface area (Å²) in [6.07, 6.45) is 2.65. The standard InChI is InChI=1S/C20H24N2O3S/c1-3-9-21-13-20(23)22-10-7-19-17(8-11-26-19)18(22)14-25-16-6-4-5-15(12-16)24-2/h3-6,8,11-12,18,21H,1,7,9-10,13-14H2,2H3. The molecular formula is C20H24N2O3S. The Morgan fingerprint density at radius 3 is 3.08 bits per heavy atom. The van der Waals surface area contributed by atoms with Gasteiger partial charge >= 0.3 is 0 Å². The van der Waals surface area contributed by atoms with Gasteiger partial charge in [-0.2, -0.15) is 0 Å². The highest BCUT2D eigenvalue weighted by molar-refractivity contribution is 7.10. The average Bonchev–Trinajstić information content (AvgIpc) is 3.15. The van der Waals surface area contributed by atoms with Crippen LogP contribution in [0.1, 0.15) is 16.5 Å². The van der Waals surface area contributed by atoms with E-state index in [1.54, 1.807) is 24.5 Å². The highest BCUT2D eigenvalue weighted by Gasteiger charge is 2.31. The van der Waals surface area contributed by atoms with E-state index in [-0.39, 0.29) is 11.9 Å². The van der Waals surface area contributed by atoms with Crippen LogP contribution in [0.3, 0.4) is 0 Å².